The van der Waals surface area contributed by atoms with Crippen LogP contribution >= 0.6 is 23.1 Å². The maximum atomic E-state index is 12.9. The summed E-state index contributed by atoms with van der Waals surface area (Å²) in [5.41, 5.74) is 1.58. The number of ether oxygens (including phenoxy) is 2. The van der Waals surface area contributed by atoms with Gasteiger partial charge in [0, 0.05) is 17.4 Å². The lowest BCUT2D eigenvalue weighted by molar-refractivity contribution is -0.113. The van der Waals surface area contributed by atoms with Crippen molar-refractivity contribution in [1.29, 1.82) is 0 Å². The number of thioether (sulfide) groups is 1. The first kappa shape index (κ1) is 24.2. The second kappa shape index (κ2) is 11.0. The summed E-state index contributed by atoms with van der Waals surface area (Å²) in [7, 11) is 1.39. The topological polar surface area (TPSA) is 95.3 Å². The standard InChI is InChI=1S/C23H32N4O4S2/c1-14(2)20-25-26-23(27(20)12-15-8-7-11-31-15)32-13-18(28)24-21-19(22(29)30-3)16-9-5-4-6-10-17(16)33-21/h14-15H,4-13H2,1-3H3,(H,24,28). The van der Waals surface area contributed by atoms with E-state index < -0.39 is 0 Å². The van der Waals surface area contributed by atoms with E-state index in [-0.39, 0.29) is 29.7 Å². The van der Waals surface area contributed by atoms with Crippen molar-refractivity contribution < 1.29 is 19.1 Å². The highest BCUT2D eigenvalue weighted by atomic mass is 32.2. The van der Waals surface area contributed by atoms with Gasteiger partial charge in [-0.2, -0.15) is 0 Å². The zero-order valence-electron chi connectivity index (χ0n) is 19.5. The van der Waals surface area contributed by atoms with Gasteiger partial charge in [0.2, 0.25) is 5.91 Å². The maximum absolute atomic E-state index is 12.9. The Morgan fingerprint density at radius 3 is 2.79 bits per heavy atom. The number of hydrogen-bond acceptors (Lipinski definition) is 8. The third kappa shape index (κ3) is 5.60. The molecule has 33 heavy (non-hydrogen) atoms. The number of nitrogens with one attached hydrogen (secondary N) is 1. The molecule has 1 aliphatic carbocycles. The molecule has 0 spiro atoms. The molecule has 0 aromatic carbocycles. The quantitative estimate of drug-likeness (QED) is 0.331. The van der Waals surface area contributed by atoms with Crippen molar-refractivity contribution in [2.45, 2.75) is 82.5 Å². The molecule has 2 aliphatic rings. The number of fused-ring (bicyclic) bond motifs is 1. The molecule has 1 unspecified atom stereocenters. The second-order valence-electron chi connectivity index (χ2n) is 8.84. The second-order valence-corrected chi connectivity index (χ2v) is 10.9. The van der Waals surface area contributed by atoms with Crippen LogP contribution in [0.5, 0.6) is 0 Å². The van der Waals surface area contributed by atoms with E-state index in [0.717, 1.165) is 68.1 Å². The van der Waals surface area contributed by atoms with Crippen LogP contribution in [-0.2, 0) is 33.7 Å². The fourth-order valence-electron chi connectivity index (χ4n) is 4.44. The molecule has 1 aliphatic heterocycles. The van der Waals surface area contributed by atoms with Gasteiger partial charge >= 0.3 is 5.97 Å². The lowest BCUT2D eigenvalue weighted by atomic mass is 10.1. The highest BCUT2D eigenvalue weighted by Crippen LogP contribution is 2.38. The summed E-state index contributed by atoms with van der Waals surface area (Å²) < 4.78 is 12.9. The number of anilines is 1. The minimum absolute atomic E-state index is 0.163. The zero-order chi connectivity index (χ0) is 23.4. The van der Waals surface area contributed by atoms with Gasteiger partial charge in [-0.25, -0.2) is 4.79 Å². The van der Waals surface area contributed by atoms with E-state index in [1.165, 1.54) is 35.1 Å². The third-order valence-corrected chi connectivity index (χ3v) is 8.24. The van der Waals surface area contributed by atoms with Crippen molar-refractivity contribution in [1.82, 2.24) is 14.8 Å². The van der Waals surface area contributed by atoms with Crippen LogP contribution in [0, 0.1) is 0 Å². The largest absolute Gasteiger partial charge is 0.465 e. The monoisotopic (exact) mass is 492 g/mol. The lowest BCUT2D eigenvalue weighted by Crippen LogP contribution is -2.19. The van der Waals surface area contributed by atoms with Gasteiger partial charge < -0.3 is 19.4 Å². The molecule has 4 rings (SSSR count). The Balaban J connectivity index is 1.46. The van der Waals surface area contributed by atoms with E-state index in [0.29, 0.717) is 17.1 Å². The van der Waals surface area contributed by atoms with Gasteiger partial charge in [0.1, 0.15) is 10.8 Å². The lowest BCUT2D eigenvalue weighted by Gasteiger charge is -2.16. The van der Waals surface area contributed by atoms with Crippen LogP contribution in [0.25, 0.3) is 0 Å². The Labute approximate surface area is 202 Å². The van der Waals surface area contributed by atoms with E-state index in [9.17, 15) is 9.59 Å². The Hall–Kier alpha value is -1.91. The van der Waals surface area contributed by atoms with Crippen LogP contribution < -0.4 is 5.32 Å². The van der Waals surface area contributed by atoms with E-state index in [1.807, 2.05) is 0 Å². The Morgan fingerprint density at radius 2 is 2.06 bits per heavy atom. The van der Waals surface area contributed by atoms with Crippen molar-refractivity contribution >= 4 is 40.0 Å². The molecular weight excluding hydrogens is 460 g/mol. The molecule has 3 heterocycles. The molecule has 1 N–H and O–H groups in total. The van der Waals surface area contributed by atoms with Crippen molar-refractivity contribution in [2.75, 3.05) is 24.8 Å². The number of rotatable bonds is 8. The number of carbonyl (C=O) groups is 2. The maximum Gasteiger partial charge on any atom is 0.341 e. The van der Waals surface area contributed by atoms with Gasteiger partial charge in [-0.1, -0.05) is 32.0 Å². The molecule has 1 atom stereocenters. The SMILES string of the molecule is COC(=O)c1c(NC(=O)CSc2nnc(C(C)C)n2CC2CCCO2)sc2c1CCCCC2. The number of aromatic nitrogens is 3. The summed E-state index contributed by atoms with van der Waals surface area (Å²) in [6.07, 6.45) is 7.37. The summed E-state index contributed by atoms with van der Waals surface area (Å²) in [4.78, 5) is 26.6. The van der Waals surface area contributed by atoms with Gasteiger partial charge in [-0.15, -0.1) is 21.5 Å². The summed E-state index contributed by atoms with van der Waals surface area (Å²) in [6.45, 7) is 5.68. The highest BCUT2D eigenvalue weighted by molar-refractivity contribution is 7.99. The van der Waals surface area contributed by atoms with Gasteiger partial charge in [0.25, 0.3) is 0 Å². The molecule has 1 amide bonds. The number of carbonyl (C=O) groups excluding carboxylic acids is 2. The van der Waals surface area contributed by atoms with Crippen LogP contribution in [0.3, 0.4) is 0 Å². The number of nitrogens with zero attached hydrogens (tertiary/aromatic N) is 3. The first-order chi connectivity index (χ1) is 16.0. The van der Waals surface area contributed by atoms with Gasteiger partial charge in [0.15, 0.2) is 5.16 Å². The zero-order valence-corrected chi connectivity index (χ0v) is 21.1. The molecule has 0 radical (unpaired) electrons. The van der Waals surface area contributed by atoms with E-state index in [1.54, 1.807) is 0 Å². The molecular formula is C23H32N4O4S2. The fraction of sp³-hybridized carbons (Fsp3) is 0.652. The number of methoxy groups -OCH3 is 1. The number of esters is 1. The molecule has 180 valence electrons. The van der Waals surface area contributed by atoms with Crippen LogP contribution in [0.4, 0.5) is 5.00 Å². The van der Waals surface area contributed by atoms with Gasteiger partial charge in [-0.3, -0.25) is 4.79 Å². The van der Waals surface area contributed by atoms with Crippen LogP contribution in [0.15, 0.2) is 5.16 Å². The molecule has 10 heteroatoms. The predicted octanol–water partition coefficient (Wildman–Crippen LogP) is 4.43. The first-order valence-corrected chi connectivity index (χ1v) is 13.5. The van der Waals surface area contributed by atoms with E-state index in [2.05, 4.69) is 33.9 Å². The first-order valence-electron chi connectivity index (χ1n) is 11.7. The minimum atomic E-state index is -0.379. The van der Waals surface area contributed by atoms with Crippen molar-refractivity contribution in [3.63, 3.8) is 0 Å². The van der Waals surface area contributed by atoms with Crippen LogP contribution in [-0.4, -0.2) is 52.2 Å². The molecule has 2 aromatic rings. The third-order valence-electron chi connectivity index (χ3n) is 6.07. The summed E-state index contributed by atoms with van der Waals surface area (Å²) in [5.74, 6) is 0.773. The van der Waals surface area contributed by atoms with E-state index in [4.69, 9.17) is 9.47 Å². The minimum Gasteiger partial charge on any atom is -0.465 e. The molecule has 1 saturated heterocycles. The number of thiophene rings is 1. The van der Waals surface area contributed by atoms with Gasteiger partial charge in [0.05, 0.1) is 31.1 Å². The summed E-state index contributed by atoms with van der Waals surface area (Å²) >= 11 is 2.87. The number of aryl methyl sites for hydroxylation is 1. The van der Waals surface area contributed by atoms with Crippen molar-refractivity contribution in [3.05, 3.63) is 21.8 Å². The summed E-state index contributed by atoms with van der Waals surface area (Å²) in [5, 5.41) is 13.0. The van der Waals surface area contributed by atoms with Crippen LogP contribution in [0.1, 0.15) is 78.5 Å². The Bertz CT molecular complexity index is 995. The molecule has 0 saturated carbocycles. The predicted molar refractivity (Wildman–Crippen MR) is 129 cm³/mol. The molecule has 8 nitrogen and oxygen atoms in total. The Kier molecular flexibility index (Phi) is 8.08. The number of hydrogen-bond donors (Lipinski definition) is 1. The fourth-order valence-corrected chi connectivity index (χ4v) is 6.49. The van der Waals surface area contributed by atoms with Gasteiger partial charge in [-0.05, 0) is 44.1 Å². The van der Waals surface area contributed by atoms with Crippen molar-refractivity contribution in [3.8, 4) is 0 Å². The smallest absolute Gasteiger partial charge is 0.341 e. The Morgan fingerprint density at radius 1 is 1.24 bits per heavy atom. The average molecular weight is 493 g/mol. The van der Waals surface area contributed by atoms with Crippen LogP contribution in [0.2, 0.25) is 0 Å². The van der Waals surface area contributed by atoms with Crippen molar-refractivity contribution in [2.24, 2.45) is 0 Å². The molecule has 0 bridgehead atoms. The van der Waals surface area contributed by atoms with E-state index >= 15 is 0 Å². The normalized spacial score (nSPS) is 18.2. The highest BCUT2D eigenvalue weighted by Gasteiger charge is 2.27. The summed E-state index contributed by atoms with van der Waals surface area (Å²) in [6, 6.07) is 0. The molecule has 1 fully saturated rings. The molecule has 2 aromatic heterocycles. The number of amides is 1. The average Bonchev–Trinajstić information content (AvgIpc) is 3.48.